The Bertz CT molecular complexity index is 2580. The highest BCUT2D eigenvalue weighted by molar-refractivity contribution is 6.34. The monoisotopic (exact) mass is 1050 g/mol. The van der Waals surface area contributed by atoms with Gasteiger partial charge in [0.25, 0.3) is 11.7 Å². The number of rotatable bonds is 7. The van der Waals surface area contributed by atoms with Crippen LogP contribution in [0.4, 0.5) is 0 Å². The lowest BCUT2D eigenvalue weighted by atomic mass is 9.77. The number of hydrogen-bond acceptors (Lipinski definition) is 15. The summed E-state index contributed by atoms with van der Waals surface area (Å²) >= 11 is 0. The molecule has 17 heteroatoms. The topological polar surface area (TPSA) is 220 Å². The molecule has 7 heterocycles. The van der Waals surface area contributed by atoms with Gasteiger partial charge in [0.05, 0.1) is 41.0 Å². The Morgan fingerprint density at radius 3 is 2.17 bits per heavy atom. The van der Waals surface area contributed by atoms with Crippen molar-refractivity contribution >= 4 is 35.1 Å². The van der Waals surface area contributed by atoms with E-state index in [1.54, 1.807) is 70.7 Å². The van der Waals surface area contributed by atoms with Crippen LogP contribution in [0.2, 0.25) is 0 Å². The Kier molecular flexibility index (Phi) is 17.1. The molecule has 7 aliphatic heterocycles. The predicted octanol–water partition coefficient (Wildman–Crippen LogP) is 6.72. The summed E-state index contributed by atoms with van der Waals surface area (Å²) in [4.78, 5) is 84.5. The van der Waals surface area contributed by atoms with Gasteiger partial charge in [0.15, 0.2) is 0 Å². The lowest BCUT2D eigenvalue weighted by Crippen LogP contribution is -2.51. The number of aliphatic hydroxyl groups is 2. The molecule has 1 aromatic rings. The summed E-state index contributed by atoms with van der Waals surface area (Å²) in [6, 6.07) is 0.420. The molecule has 416 valence electrons. The largest absolute Gasteiger partial charge is 0.507 e. The van der Waals surface area contributed by atoms with Crippen molar-refractivity contribution in [1.29, 1.82) is 0 Å². The molecule has 8 aliphatic rings. The van der Waals surface area contributed by atoms with Crippen LogP contribution in [-0.2, 0) is 23.9 Å². The molecule has 1 aromatic carbocycles. The van der Waals surface area contributed by atoms with Gasteiger partial charge in [0.2, 0.25) is 11.7 Å². The number of allylic oxidation sites excluding steroid dienone is 5. The number of aliphatic hydroxyl groups excluding tert-OH is 2. The predicted molar refractivity (Wildman–Crippen MR) is 288 cm³/mol. The Morgan fingerprint density at radius 1 is 0.855 bits per heavy atom. The zero-order valence-corrected chi connectivity index (χ0v) is 46.7. The van der Waals surface area contributed by atoms with Crippen LogP contribution in [0.1, 0.15) is 152 Å². The number of benzene rings is 1. The van der Waals surface area contributed by atoms with E-state index in [0.717, 1.165) is 32.5 Å². The lowest BCUT2D eigenvalue weighted by Gasteiger charge is -2.41. The third-order valence-electron chi connectivity index (χ3n) is 17.7. The smallest absolute Gasteiger partial charge is 0.318 e. The molecule has 5 bridgehead atoms. The Labute approximate surface area is 449 Å². The number of aliphatic imine (C=N–C) groups is 1. The molecule has 2 amide bonds. The Morgan fingerprint density at radius 2 is 1.53 bits per heavy atom. The van der Waals surface area contributed by atoms with E-state index < -0.39 is 94.5 Å². The summed E-state index contributed by atoms with van der Waals surface area (Å²) in [5.74, 6) is -8.74. The van der Waals surface area contributed by atoms with Crippen LogP contribution in [0.3, 0.4) is 0 Å². The maximum Gasteiger partial charge on any atom is 0.318 e. The van der Waals surface area contributed by atoms with E-state index in [0.29, 0.717) is 51.0 Å². The van der Waals surface area contributed by atoms with E-state index in [9.17, 15) is 39.3 Å². The van der Waals surface area contributed by atoms with Gasteiger partial charge in [-0.15, -0.1) is 0 Å². The zero-order chi connectivity index (χ0) is 55.1. The number of fused-ring (bicyclic) bond motifs is 13. The van der Waals surface area contributed by atoms with Crippen LogP contribution in [0.5, 0.6) is 11.5 Å². The molecule has 10 atom stereocenters. The highest BCUT2D eigenvalue weighted by Crippen LogP contribution is 2.50. The van der Waals surface area contributed by atoms with Crippen molar-refractivity contribution in [2.45, 2.75) is 163 Å². The average Bonchev–Trinajstić information content (AvgIpc) is 3.91. The normalized spacial score (nSPS) is 32.9. The second-order valence-electron chi connectivity index (χ2n) is 23.6. The third kappa shape index (κ3) is 11.0. The number of nitrogens with zero attached hydrogens (tertiary/aromatic N) is 4. The number of hydrogen-bond donors (Lipinski definition) is 5. The van der Waals surface area contributed by atoms with Gasteiger partial charge < -0.3 is 54.9 Å². The third-order valence-corrected chi connectivity index (χ3v) is 17.7. The number of phenols is 1. The maximum atomic E-state index is 15.0. The van der Waals surface area contributed by atoms with Crippen LogP contribution < -0.4 is 15.4 Å². The number of ether oxygens (including phenoxy) is 3. The van der Waals surface area contributed by atoms with Crippen molar-refractivity contribution in [2.24, 2.45) is 46.4 Å². The lowest BCUT2D eigenvalue weighted by molar-refractivity contribution is -0.170. The summed E-state index contributed by atoms with van der Waals surface area (Å²) in [5, 5.41) is 42.2. The molecule has 1 unspecified atom stereocenters. The molecule has 76 heavy (non-hydrogen) atoms. The maximum absolute atomic E-state index is 15.0. The van der Waals surface area contributed by atoms with Crippen molar-refractivity contribution in [2.75, 3.05) is 45.8 Å². The van der Waals surface area contributed by atoms with Gasteiger partial charge in [-0.25, -0.2) is 0 Å². The first-order chi connectivity index (χ1) is 36.0. The minimum absolute atomic E-state index is 0.0240. The highest BCUT2D eigenvalue weighted by Gasteiger charge is 2.55. The second-order valence-corrected chi connectivity index (χ2v) is 23.6. The number of piperidine rings is 3. The molecule has 3 fully saturated rings. The fourth-order valence-corrected chi connectivity index (χ4v) is 12.6. The molecule has 0 radical (unpaired) electrons. The van der Waals surface area contributed by atoms with Crippen LogP contribution in [0, 0.1) is 48.3 Å². The number of amides is 2. The first-order valence-corrected chi connectivity index (χ1v) is 28.1. The Balaban J connectivity index is 1.12. The molecule has 0 aromatic heterocycles. The van der Waals surface area contributed by atoms with Crippen LogP contribution in [0.25, 0.3) is 0 Å². The summed E-state index contributed by atoms with van der Waals surface area (Å²) in [6.45, 7) is 25.4. The van der Waals surface area contributed by atoms with E-state index in [1.807, 2.05) is 13.8 Å². The van der Waals surface area contributed by atoms with Gasteiger partial charge in [0, 0.05) is 93.0 Å². The number of Topliss-reactive ketones (excluding diaryl/α,β-unsaturated/α-hetero) is 2. The number of ketones is 2. The van der Waals surface area contributed by atoms with Crippen LogP contribution in [0.15, 0.2) is 52.5 Å². The summed E-state index contributed by atoms with van der Waals surface area (Å²) in [6.07, 6.45) is 11.5. The quantitative estimate of drug-likeness (QED) is 0.142. The fourth-order valence-electron chi connectivity index (χ4n) is 12.6. The van der Waals surface area contributed by atoms with Crippen molar-refractivity contribution in [3.05, 3.63) is 69.8 Å². The second kappa shape index (κ2) is 22.9. The van der Waals surface area contributed by atoms with Gasteiger partial charge in [-0.3, -0.25) is 29.0 Å². The first-order valence-electron chi connectivity index (χ1n) is 28.1. The molecular weight excluding hydrogens is 969 g/mol. The van der Waals surface area contributed by atoms with Crippen LogP contribution >= 0.6 is 0 Å². The first kappa shape index (κ1) is 56.8. The minimum Gasteiger partial charge on any atom is -0.507 e. The standard InChI is InChI=1S/C59H84N6O11/c1-12-41(56(72)65-26-19-40(20-27-65)64-24-14-13-15-25-64)57(73)75-52-36(7)33(4)21-30-74-58(11)54(70)44-42-43(50(68)39(10)53(44)76-58)51(69)47(46-45(42)61-59(62-46)22-28-63(29-23-59)31-32(2)3)60-55(71)35(6)18-16-17-34(5)48(66)37(8)49(67)38(52)9/h16-18,21,30,32-34,36-38,40-41,48-49,52,62,66-68H,12-15,19-20,22-29,31H2,1-11H3,(H,60,71)/b17-16+,30-21+,35-18-/t33-,34-,36+,37+,38+,41?,48-,49+,52+,58-/m0/s1. The molecular formula is C59H84N6O11. The summed E-state index contributed by atoms with van der Waals surface area (Å²) in [5.41, 5.74) is -0.189. The van der Waals surface area contributed by atoms with E-state index in [4.69, 9.17) is 19.2 Å². The molecule has 5 N–H and O–H groups in total. The molecule has 17 nitrogen and oxygen atoms in total. The average molecular weight is 1050 g/mol. The molecule has 3 saturated heterocycles. The number of esters is 1. The van der Waals surface area contributed by atoms with Crippen molar-refractivity contribution in [3.63, 3.8) is 0 Å². The van der Waals surface area contributed by atoms with Gasteiger partial charge in [-0.05, 0) is 82.9 Å². The summed E-state index contributed by atoms with van der Waals surface area (Å²) in [7, 11) is 0. The van der Waals surface area contributed by atoms with E-state index in [1.165, 1.54) is 32.4 Å². The Hall–Kier alpha value is -5.36. The number of likely N-dealkylation sites (tertiary alicyclic amines) is 3. The van der Waals surface area contributed by atoms with Crippen molar-refractivity contribution in [3.8, 4) is 11.5 Å². The highest BCUT2D eigenvalue weighted by atomic mass is 16.7. The van der Waals surface area contributed by atoms with Gasteiger partial charge >= 0.3 is 11.8 Å². The van der Waals surface area contributed by atoms with Crippen molar-refractivity contribution in [1.82, 2.24) is 25.3 Å². The van der Waals surface area contributed by atoms with E-state index in [2.05, 4.69) is 34.3 Å². The van der Waals surface area contributed by atoms with Gasteiger partial charge in [-0.1, -0.05) is 80.0 Å². The molecule has 0 saturated carbocycles. The molecule has 1 spiro atoms. The van der Waals surface area contributed by atoms with Crippen LogP contribution in [-0.4, -0.2) is 147 Å². The number of carbonyl (C=O) groups is 5. The molecule has 9 rings (SSSR count). The number of carbonyl (C=O) groups excluding carboxylic acids is 5. The number of nitrogens with one attached hydrogen (secondary N) is 2. The number of phenolic OH excluding ortho intramolecular Hbond substituents is 1. The number of aromatic hydroxyl groups is 1. The van der Waals surface area contributed by atoms with E-state index >= 15 is 0 Å². The minimum atomic E-state index is -1.97. The zero-order valence-electron chi connectivity index (χ0n) is 46.7. The fraction of sp³-hybridized carbons (Fsp3) is 0.661. The SMILES string of the molecule is CCC(C(=O)O[C@H]1[C@H](C)[C@H](O)[C@H](C)[C@@H](O)[C@@H](C)/C=C/C=C(/C)C(=O)NC2=C3NC4(CCN(CC(C)C)CC4)N=C3c3c(c(O)c(C)c4c3C(=O)[C@@](C)(O/C=C/[C@H](C)[C@H]1C)O4)C2=O)C(=O)N1CCC(N2CCCCC2)CC1. The van der Waals surface area contributed by atoms with Crippen molar-refractivity contribution < 1.29 is 53.5 Å². The van der Waals surface area contributed by atoms with E-state index in [-0.39, 0.29) is 63.0 Å². The van der Waals surface area contributed by atoms with Gasteiger partial charge in [-0.2, -0.15) is 0 Å². The molecule has 1 aliphatic carbocycles. The summed E-state index contributed by atoms with van der Waals surface area (Å²) < 4.78 is 19.1. The van der Waals surface area contributed by atoms with Gasteiger partial charge in [0.1, 0.15) is 34.9 Å².